The fraction of sp³-hybridized carbons (Fsp3) is 0.400. The van der Waals surface area contributed by atoms with Crippen molar-refractivity contribution in [2.24, 2.45) is 0 Å². The minimum absolute atomic E-state index is 0.106. The lowest BCUT2D eigenvalue weighted by atomic mass is 10.00. The summed E-state index contributed by atoms with van der Waals surface area (Å²) in [5.74, 6) is -0.607. The van der Waals surface area contributed by atoms with Crippen LogP contribution in [0.25, 0.3) is 22.3 Å². The number of aryl methyl sites for hydroxylation is 1. The van der Waals surface area contributed by atoms with E-state index in [4.69, 9.17) is 14.8 Å². The maximum Gasteiger partial charge on any atom is 0.161 e. The van der Waals surface area contributed by atoms with Crippen molar-refractivity contribution in [1.29, 1.82) is 0 Å². The molecule has 0 aliphatic carbocycles. The average molecular weight is 516 g/mol. The molecule has 0 saturated carbocycles. The summed E-state index contributed by atoms with van der Waals surface area (Å²) in [5, 5.41) is 19.4. The number of piperazine rings is 1. The molecular weight excluding hydrogens is 481 g/mol. The first-order valence-corrected chi connectivity index (χ1v) is 13.5. The summed E-state index contributed by atoms with van der Waals surface area (Å²) in [6.07, 6.45) is 2.81. The number of pyridine rings is 1. The average Bonchev–Trinajstić information content (AvgIpc) is 3.27. The summed E-state index contributed by atoms with van der Waals surface area (Å²) in [5.41, 5.74) is 4.85. The van der Waals surface area contributed by atoms with Crippen LogP contribution in [-0.4, -0.2) is 50.5 Å². The van der Waals surface area contributed by atoms with Crippen molar-refractivity contribution in [1.82, 2.24) is 25.0 Å². The Morgan fingerprint density at radius 1 is 1.13 bits per heavy atom. The van der Waals surface area contributed by atoms with E-state index in [0.717, 1.165) is 60.7 Å². The van der Waals surface area contributed by atoms with Crippen molar-refractivity contribution < 1.29 is 14.2 Å². The van der Waals surface area contributed by atoms with Crippen LogP contribution in [0.15, 0.2) is 54.6 Å². The molecule has 7 nitrogen and oxygen atoms in total. The number of nitrogens with one attached hydrogen (secondary N) is 1. The summed E-state index contributed by atoms with van der Waals surface area (Å²) >= 11 is 0. The molecule has 2 aromatic heterocycles. The zero-order valence-corrected chi connectivity index (χ0v) is 21.9. The van der Waals surface area contributed by atoms with Gasteiger partial charge in [0.15, 0.2) is 11.9 Å². The van der Waals surface area contributed by atoms with Crippen LogP contribution in [0.5, 0.6) is 5.75 Å². The van der Waals surface area contributed by atoms with Gasteiger partial charge in [0.25, 0.3) is 0 Å². The first-order valence-electron chi connectivity index (χ1n) is 13.5. The summed E-state index contributed by atoms with van der Waals surface area (Å²) in [6.45, 7) is 7.37. The molecule has 4 heterocycles. The molecule has 0 amide bonds. The number of aromatic hydroxyl groups is 1. The Morgan fingerprint density at radius 3 is 2.74 bits per heavy atom. The van der Waals surface area contributed by atoms with Gasteiger partial charge in [0, 0.05) is 55.3 Å². The number of nitrogens with zero attached hydrogens (tertiary/aromatic N) is 4. The van der Waals surface area contributed by atoms with Gasteiger partial charge in [-0.25, -0.2) is 14.1 Å². The molecule has 4 aromatic rings. The first-order chi connectivity index (χ1) is 18.5. The number of rotatable bonds is 5. The third kappa shape index (κ3) is 4.79. The Balaban J connectivity index is 1.44. The van der Waals surface area contributed by atoms with Gasteiger partial charge in [0.05, 0.1) is 11.4 Å². The van der Waals surface area contributed by atoms with Crippen LogP contribution in [0.2, 0.25) is 0 Å². The minimum atomic E-state index is -0.501. The lowest BCUT2D eigenvalue weighted by Crippen LogP contribution is -2.50. The van der Waals surface area contributed by atoms with Gasteiger partial charge in [-0.3, -0.25) is 4.90 Å². The SMILES string of the molecule is Cc1nn(C2CCCCO2)c2nc(-c3ccc(O)cc3F)cc(CN3C[C@H](c4ccccc4)NC[C@H]3C)c12. The molecule has 0 bridgehead atoms. The van der Waals surface area contributed by atoms with Gasteiger partial charge in [-0.05, 0) is 62.4 Å². The van der Waals surface area contributed by atoms with Crippen molar-refractivity contribution in [2.45, 2.75) is 58.0 Å². The molecule has 3 atom stereocenters. The van der Waals surface area contributed by atoms with E-state index < -0.39 is 5.82 Å². The van der Waals surface area contributed by atoms with E-state index in [9.17, 15) is 5.11 Å². The van der Waals surface area contributed by atoms with Crippen LogP contribution >= 0.6 is 0 Å². The molecule has 2 N–H and O–H groups in total. The number of halogens is 1. The highest BCUT2D eigenvalue weighted by molar-refractivity contribution is 5.85. The Kier molecular flexibility index (Phi) is 6.86. The summed E-state index contributed by atoms with van der Waals surface area (Å²) in [6, 6.07) is 17.3. The van der Waals surface area contributed by atoms with Crippen molar-refractivity contribution in [3.05, 3.63) is 77.2 Å². The van der Waals surface area contributed by atoms with E-state index in [-0.39, 0.29) is 18.0 Å². The molecule has 6 rings (SSSR count). The number of aromatic nitrogens is 3. The van der Waals surface area contributed by atoms with Gasteiger partial charge >= 0.3 is 0 Å². The zero-order valence-electron chi connectivity index (χ0n) is 21.9. The summed E-state index contributed by atoms with van der Waals surface area (Å²) < 4.78 is 23.0. The van der Waals surface area contributed by atoms with Crippen LogP contribution in [0, 0.1) is 12.7 Å². The van der Waals surface area contributed by atoms with Crippen molar-refractivity contribution in [2.75, 3.05) is 19.7 Å². The summed E-state index contributed by atoms with van der Waals surface area (Å²) in [4.78, 5) is 7.42. The normalized spacial score (nSPS) is 22.7. The van der Waals surface area contributed by atoms with E-state index >= 15 is 4.39 Å². The van der Waals surface area contributed by atoms with Gasteiger partial charge < -0.3 is 15.2 Å². The molecule has 38 heavy (non-hydrogen) atoms. The Bertz CT molecular complexity index is 1430. The molecule has 2 aliphatic heterocycles. The predicted molar refractivity (Wildman–Crippen MR) is 145 cm³/mol. The predicted octanol–water partition coefficient (Wildman–Crippen LogP) is 5.49. The number of hydrogen-bond donors (Lipinski definition) is 2. The number of fused-ring (bicyclic) bond motifs is 1. The molecule has 0 spiro atoms. The molecular formula is C30H34FN5O2. The maximum absolute atomic E-state index is 15.0. The fourth-order valence-corrected chi connectivity index (χ4v) is 5.76. The number of phenolic OH excluding ortho intramolecular Hbond substituents is 1. The minimum Gasteiger partial charge on any atom is -0.508 e. The standard InChI is InChI=1S/C30H34FN5O2/c1-19-16-32-27(21-8-4-3-5-9-21)18-35(19)17-22-14-26(24-12-11-23(37)15-25(24)31)33-30-29(22)20(2)34-36(30)28-10-6-7-13-38-28/h3-5,8-9,11-12,14-15,19,27-28,32,37H,6-7,10,13,16-18H2,1-2H3/t19-,27-,28?/m1/s1. The van der Waals surface area contributed by atoms with Gasteiger partial charge in [0.2, 0.25) is 0 Å². The molecule has 2 aliphatic rings. The topological polar surface area (TPSA) is 75.4 Å². The van der Waals surface area contributed by atoms with Crippen LogP contribution in [-0.2, 0) is 11.3 Å². The van der Waals surface area contributed by atoms with E-state index in [0.29, 0.717) is 30.5 Å². The third-order valence-corrected chi connectivity index (χ3v) is 7.85. The highest BCUT2D eigenvalue weighted by atomic mass is 19.1. The quantitative estimate of drug-likeness (QED) is 0.366. The Labute approximate surface area is 222 Å². The molecule has 8 heteroatoms. The van der Waals surface area contributed by atoms with E-state index in [1.165, 1.54) is 11.6 Å². The molecule has 2 saturated heterocycles. The van der Waals surface area contributed by atoms with Gasteiger partial charge in [-0.15, -0.1) is 0 Å². The van der Waals surface area contributed by atoms with E-state index in [1.54, 1.807) is 6.07 Å². The number of benzene rings is 2. The van der Waals surface area contributed by atoms with Gasteiger partial charge in [-0.1, -0.05) is 30.3 Å². The molecule has 198 valence electrons. The van der Waals surface area contributed by atoms with Crippen LogP contribution in [0.3, 0.4) is 0 Å². The van der Waals surface area contributed by atoms with Crippen LogP contribution < -0.4 is 5.32 Å². The lowest BCUT2D eigenvalue weighted by molar-refractivity contribution is -0.0371. The lowest BCUT2D eigenvalue weighted by Gasteiger charge is -2.39. The second-order valence-electron chi connectivity index (χ2n) is 10.5. The molecule has 0 radical (unpaired) electrons. The Hall–Kier alpha value is -3.33. The smallest absolute Gasteiger partial charge is 0.161 e. The van der Waals surface area contributed by atoms with Crippen LogP contribution in [0.4, 0.5) is 4.39 Å². The van der Waals surface area contributed by atoms with E-state index in [2.05, 4.69) is 41.4 Å². The molecule has 2 aromatic carbocycles. The largest absolute Gasteiger partial charge is 0.508 e. The third-order valence-electron chi connectivity index (χ3n) is 7.85. The van der Waals surface area contributed by atoms with Crippen LogP contribution in [0.1, 0.15) is 55.3 Å². The molecule has 2 fully saturated rings. The number of ether oxygens (including phenoxy) is 1. The Morgan fingerprint density at radius 2 is 1.97 bits per heavy atom. The second kappa shape index (κ2) is 10.4. The van der Waals surface area contributed by atoms with Gasteiger partial charge in [0.1, 0.15) is 11.6 Å². The zero-order chi connectivity index (χ0) is 26.2. The monoisotopic (exact) mass is 515 g/mol. The van der Waals surface area contributed by atoms with Crippen molar-refractivity contribution >= 4 is 11.0 Å². The highest BCUT2D eigenvalue weighted by Crippen LogP contribution is 2.34. The highest BCUT2D eigenvalue weighted by Gasteiger charge is 2.29. The van der Waals surface area contributed by atoms with Crippen molar-refractivity contribution in [3.8, 4) is 17.0 Å². The maximum atomic E-state index is 15.0. The first kappa shape index (κ1) is 25.0. The fourth-order valence-electron chi connectivity index (χ4n) is 5.76. The number of hydrogen-bond acceptors (Lipinski definition) is 6. The van der Waals surface area contributed by atoms with E-state index in [1.807, 2.05) is 23.7 Å². The number of phenols is 1. The summed E-state index contributed by atoms with van der Waals surface area (Å²) in [7, 11) is 0. The van der Waals surface area contributed by atoms with Crippen molar-refractivity contribution in [3.63, 3.8) is 0 Å². The molecule has 1 unspecified atom stereocenters. The second-order valence-corrected chi connectivity index (χ2v) is 10.5. The van der Waals surface area contributed by atoms with Gasteiger partial charge in [-0.2, -0.15) is 5.10 Å².